The molecule has 0 radical (unpaired) electrons. The Labute approximate surface area is 135 Å². The number of nitrogens with zero attached hydrogens (tertiary/aromatic N) is 1. The zero-order valence-corrected chi connectivity index (χ0v) is 14.6. The number of nitro benzene ring substituents is 1. The van der Waals surface area contributed by atoms with Gasteiger partial charge in [0.25, 0.3) is 5.69 Å². The molecule has 1 aromatic rings. The van der Waals surface area contributed by atoms with Crippen molar-refractivity contribution in [3.8, 4) is 5.75 Å². The summed E-state index contributed by atoms with van der Waals surface area (Å²) in [7, 11) is 0. The van der Waals surface area contributed by atoms with Crippen molar-refractivity contribution in [3.63, 3.8) is 0 Å². The van der Waals surface area contributed by atoms with Crippen molar-refractivity contribution in [2.75, 3.05) is 0 Å². The first-order chi connectivity index (χ1) is 9.44. The number of ether oxygens (including phenoxy) is 1. The van der Waals surface area contributed by atoms with Crippen LogP contribution in [-0.4, -0.2) is 15.9 Å². The second kappa shape index (κ2) is 6.02. The molecule has 0 aliphatic heterocycles. The fourth-order valence-corrected chi connectivity index (χ4v) is 4.48. The van der Waals surface area contributed by atoms with Gasteiger partial charge in [0.1, 0.15) is 11.9 Å². The quantitative estimate of drug-likeness (QED) is 0.389. The van der Waals surface area contributed by atoms with Crippen LogP contribution in [0.5, 0.6) is 5.75 Å². The fraction of sp³-hybridized carbons (Fsp3) is 0.571. The highest BCUT2D eigenvalue weighted by Gasteiger charge is 2.53. The zero-order valence-electron chi connectivity index (χ0n) is 11.4. The van der Waals surface area contributed by atoms with Gasteiger partial charge in [-0.25, -0.2) is 0 Å². The van der Waals surface area contributed by atoms with Crippen LogP contribution in [0.15, 0.2) is 22.7 Å². The van der Waals surface area contributed by atoms with Crippen LogP contribution >= 0.6 is 31.9 Å². The monoisotopic (exact) mass is 405 g/mol. The molecular formula is C14H17Br2NO3. The number of benzene rings is 1. The predicted octanol–water partition coefficient (Wildman–Crippen LogP) is 5.08. The molecule has 1 aliphatic carbocycles. The molecular weight excluding hydrogens is 390 g/mol. The van der Waals surface area contributed by atoms with Gasteiger partial charge >= 0.3 is 0 Å². The van der Waals surface area contributed by atoms with Crippen molar-refractivity contribution >= 4 is 37.5 Å². The maximum absolute atomic E-state index is 10.9. The van der Waals surface area contributed by atoms with E-state index in [9.17, 15) is 10.1 Å². The Morgan fingerprint density at radius 2 is 2.10 bits per heavy atom. The molecule has 1 fully saturated rings. The highest BCUT2D eigenvalue weighted by Crippen LogP contribution is 2.53. The average molecular weight is 407 g/mol. The molecule has 0 aromatic heterocycles. The summed E-state index contributed by atoms with van der Waals surface area (Å²) in [4.78, 5) is 10.9. The van der Waals surface area contributed by atoms with Crippen molar-refractivity contribution in [1.82, 2.24) is 0 Å². The van der Waals surface area contributed by atoms with Gasteiger partial charge in [0.2, 0.25) is 0 Å². The summed E-state index contributed by atoms with van der Waals surface area (Å²) in [6, 6.07) is 4.62. The van der Waals surface area contributed by atoms with Gasteiger partial charge in [-0.15, -0.1) is 0 Å². The molecule has 1 aliphatic rings. The predicted molar refractivity (Wildman–Crippen MR) is 85.6 cm³/mol. The van der Waals surface area contributed by atoms with E-state index in [0.717, 1.165) is 23.7 Å². The maximum atomic E-state index is 10.9. The fourth-order valence-electron chi connectivity index (χ4n) is 2.86. The number of non-ortho nitro benzene ring substituents is 1. The number of alkyl halides is 1. The molecule has 0 bridgehead atoms. The topological polar surface area (TPSA) is 52.4 Å². The first kappa shape index (κ1) is 15.8. The van der Waals surface area contributed by atoms with Gasteiger partial charge in [0, 0.05) is 16.3 Å². The Morgan fingerprint density at radius 3 is 2.60 bits per heavy atom. The van der Waals surface area contributed by atoms with Crippen molar-refractivity contribution < 1.29 is 9.66 Å². The van der Waals surface area contributed by atoms with E-state index >= 15 is 0 Å². The molecule has 1 saturated carbocycles. The van der Waals surface area contributed by atoms with E-state index < -0.39 is 4.92 Å². The van der Waals surface area contributed by atoms with Crippen LogP contribution < -0.4 is 4.74 Å². The summed E-state index contributed by atoms with van der Waals surface area (Å²) in [5.74, 6) is 0.551. The highest BCUT2D eigenvalue weighted by atomic mass is 79.9. The molecule has 0 heterocycles. The summed E-state index contributed by atoms with van der Waals surface area (Å²) in [5, 5.41) is 10.9. The molecule has 0 amide bonds. The Morgan fingerprint density at radius 1 is 1.45 bits per heavy atom. The maximum Gasteiger partial charge on any atom is 0.273 e. The Bertz CT molecular complexity index is 517. The standard InChI is InChI=1S/C14H17Br2NO3/c1-3-14(4-2)12(16)8-13(14)20-11-7-9(17(18)19)5-6-10(11)15/h5-7,12-13H,3-4,8H2,1-2H3. The van der Waals surface area contributed by atoms with Gasteiger partial charge in [0.15, 0.2) is 0 Å². The van der Waals surface area contributed by atoms with E-state index in [-0.39, 0.29) is 17.2 Å². The number of halogens is 2. The van der Waals surface area contributed by atoms with Crippen LogP contribution in [0.3, 0.4) is 0 Å². The van der Waals surface area contributed by atoms with Crippen LogP contribution in [0.1, 0.15) is 33.1 Å². The minimum atomic E-state index is -0.403. The van der Waals surface area contributed by atoms with Crippen molar-refractivity contribution in [1.29, 1.82) is 0 Å². The van der Waals surface area contributed by atoms with Crippen molar-refractivity contribution in [2.24, 2.45) is 5.41 Å². The molecule has 1 aromatic carbocycles. The second-order valence-electron chi connectivity index (χ2n) is 5.12. The van der Waals surface area contributed by atoms with Gasteiger partial charge in [-0.1, -0.05) is 29.8 Å². The lowest BCUT2D eigenvalue weighted by molar-refractivity contribution is -0.385. The van der Waals surface area contributed by atoms with Gasteiger partial charge in [-0.05, 0) is 41.3 Å². The third kappa shape index (κ3) is 2.60. The largest absolute Gasteiger partial charge is 0.488 e. The molecule has 2 atom stereocenters. The number of hydrogen-bond donors (Lipinski definition) is 0. The van der Waals surface area contributed by atoms with Crippen LogP contribution in [0.2, 0.25) is 0 Å². The van der Waals surface area contributed by atoms with Crippen LogP contribution in [0.4, 0.5) is 5.69 Å². The summed E-state index contributed by atoms with van der Waals surface area (Å²) in [6.45, 7) is 4.32. The number of hydrogen-bond acceptors (Lipinski definition) is 3. The minimum Gasteiger partial charge on any atom is -0.488 e. The third-order valence-corrected chi connectivity index (χ3v) is 6.34. The average Bonchev–Trinajstić information content (AvgIpc) is 2.41. The van der Waals surface area contributed by atoms with E-state index in [4.69, 9.17) is 4.74 Å². The lowest BCUT2D eigenvalue weighted by Gasteiger charge is -2.52. The van der Waals surface area contributed by atoms with Gasteiger partial charge in [-0.2, -0.15) is 0 Å². The SMILES string of the molecule is CCC1(CC)C(Br)CC1Oc1cc([N+](=O)[O-])ccc1Br. The second-order valence-corrected chi connectivity index (χ2v) is 7.08. The first-order valence-electron chi connectivity index (χ1n) is 6.69. The smallest absolute Gasteiger partial charge is 0.273 e. The summed E-state index contributed by atoms with van der Waals surface area (Å²) in [6.07, 6.45) is 3.07. The molecule has 4 nitrogen and oxygen atoms in total. The van der Waals surface area contributed by atoms with Gasteiger partial charge < -0.3 is 4.74 Å². The highest BCUT2D eigenvalue weighted by molar-refractivity contribution is 9.10. The summed E-state index contributed by atoms with van der Waals surface area (Å²) in [5.41, 5.74) is 0.167. The first-order valence-corrected chi connectivity index (χ1v) is 8.40. The van der Waals surface area contributed by atoms with Gasteiger partial charge in [-0.3, -0.25) is 10.1 Å². The minimum absolute atomic E-state index is 0.0523. The van der Waals surface area contributed by atoms with E-state index in [2.05, 4.69) is 45.7 Å². The number of rotatable bonds is 5. The van der Waals surface area contributed by atoms with Crippen LogP contribution in [0.25, 0.3) is 0 Å². The molecule has 2 rings (SSSR count). The van der Waals surface area contributed by atoms with E-state index in [1.54, 1.807) is 6.07 Å². The lowest BCUT2D eigenvalue weighted by Crippen LogP contribution is -2.56. The molecule has 20 heavy (non-hydrogen) atoms. The lowest BCUT2D eigenvalue weighted by atomic mass is 9.62. The normalized spacial score (nSPS) is 24.0. The molecule has 6 heteroatoms. The Hall–Kier alpha value is -0.620. The number of nitro groups is 1. The van der Waals surface area contributed by atoms with E-state index in [1.807, 2.05) is 0 Å². The summed E-state index contributed by atoms with van der Waals surface area (Å²) < 4.78 is 6.81. The van der Waals surface area contributed by atoms with Crippen molar-refractivity contribution in [3.05, 3.63) is 32.8 Å². The molecule has 0 N–H and O–H groups in total. The Kier molecular flexibility index (Phi) is 4.74. The van der Waals surface area contributed by atoms with Crippen LogP contribution in [0, 0.1) is 15.5 Å². The van der Waals surface area contributed by atoms with E-state index in [0.29, 0.717) is 10.6 Å². The molecule has 110 valence electrons. The summed E-state index contributed by atoms with van der Waals surface area (Å²) >= 11 is 7.11. The molecule has 0 spiro atoms. The Balaban J connectivity index is 2.22. The van der Waals surface area contributed by atoms with Crippen LogP contribution in [-0.2, 0) is 0 Å². The zero-order chi connectivity index (χ0) is 14.9. The molecule has 0 saturated heterocycles. The molecule has 2 unspecified atom stereocenters. The third-order valence-electron chi connectivity index (χ3n) is 4.40. The van der Waals surface area contributed by atoms with Crippen molar-refractivity contribution in [2.45, 2.75) is 44.0 Å². The van der Waals surface area contributed by atoms with Gasteiger partial charge in [0.05, 0.1) is 15.5 Å². The van der Waals surface area contributed by atoms with E-state index in [1.165, 1.54) is 12.1 Å².